The number of fused-ring (bicyclic) bond motifs is 1. The van der Waals surface area contributed by atoms with Crippen LogP contribution in [0.5, 0.6) is 0 Å². The number of hydrogen-bond donors (Lipinski definition) is 4. The first-order valence-electron chi connectivity index (χ1n) is 13.6. The first kappa shape index (κ1) is 27.4. The van der Waals surface area contributed by atoms with Crippen molar-refractivity contribution in [2.24, 2.45) is 34.3 Å². The summed E-state index contributed by atoms with van der Waals surface area (Å²) in [5, 5.41) is 8.60. The second kappa shape index (κ2) is 9.27. The third-order valence-electron chi connectivity index (χ3n) is 9.23. The van der Waals surface area contributed by atoms with Crippen molar-refractivity contribution in [2.75, 3.05) is 6.54 Å². The van der Waals surface area contributed by atoms with E-state index in [1.807, 2.05) is 27.7 Å². The van der Waals surface area contributed by atoms with Gasteiger partial charge in [-0.2, -0.15) is 0 Å². The van der Waals surface area contributed by atoms with Crippen LogP contribution in [0, 0.1) is 28.6 Å². The van der Waals surface area contributed by atoms with Gasteiger partial charge in [-0.05, 0) is 54.8 Å². The molecular formula is C27H43N5O5. The number of rotatable bonds is 9. The first-order chi connectivity index (χ1) is 17.0. The molecule has 1 aliphatic heterocycles. The Morgan fingerprint density at radius 1 is 1.03 bits per heavy atom. The average molecular weight is 518 g/mol. The number of Topliss-reactive ketones (excluding diaryl/α,β-unsaturated/α-hetero) is 1. The maximum absolute atomic E-state index is 13.9. The van der Waals surface area contributed by atoms with Crippen LogP contribution in [-0.2, 0) is 19.2 Å². The van der Waals surface area contributed by atoms with Crippen LogP contribution in [0.1, 0.15) is 80.1 Å². The fourth-order valence-corrected chi connectivity index (χ4v) is 6.10. The second-order valence-corrected chi connectivity index (χ2v) is 13.7. The Morgan fingerprint density at radius 3 is 2.14 bits per heavy atom. The Hall–Kier alpha value is -2.65. The summed E-state index contributed by atoms with van der Waals surface area (Å²) in [6.07, 6.45) is 5.12. The van der Waals surface area contributed by atoms with Crippen molar-refractivity contribution in [3.8, 4) is 0 Å². The fraction of sp³-hybridized carbons (Fsp3) is 0.815. The Balaban J connectivity index is 1.53. The van der Waals surface area contributed by atoms with Gasteiger partial charge >= 0.3 is 6.03 Å². The lowest BCUT2D eigenvalue weighted by Gasteiger charge is -2.38. The molecule has 1 heterocycles. The van der Waals surface area contributed by atoms with Gasteiger partial charge in [0.2, 0.25) is 17.6 Å². The summed E-state index contributed by atoms with van der Waals surface area (Å²) < 4.78 is 0. The molecule has 0 radical (unpaired) electrons. The molecule has 1 saturated heterocycles. The van der Waals surface area contributed by atoms with E-state index in [0.29, 0.717) is 13.0 Å². The number of amides is 5. The average Bonchev–Trinajstić information content (AvgIpc) is 3.51. The number of primary amides is 1. The van der Waals surface area contributed by atoms with E-state index in [2.05, 4.69) is 29.8 Å². The maximum Gasteiger partial charge on any atom is 0.315 e. The van der Waals surface area contributed by atoms with E-state index in [1.165, 1.54) is 0 Å². The predicted molar refractivity (Wildman–Crippen MR) is 137 cm³/mol. The Labute approximate surface area is 219 Å². The van der Waals surface area contributed by atoms with Crippen molar-refractivity contribution in [1.29, 1.82) is 0 Å². The number of likely N-dealkylation sites (tertiary alicyclic amines) is 1. The summed E-state index contributed by atoms with van der Waals surface area (Å²) in [4.78, 5) is 66.2. The van der Waals surface area contributed by atoms with Gasteiger partial charge in [0.25, 0.3) is 5.91 Å². The molecule has 10 heteroatoms. The zero-order chi connectivity index (χ0) is 27.5. The van der Waals surface area contributed by atoms with E-state index in [9.17, 15) is 24.0 Å². The summed E-state index contributed by atoms with van der Waals surface area (Å²) in [6, 6.07) is -3.02. The van der Waals surface area contributed by atoms with Crippen LogP contribution in [0.2, 0.25) is 0 Å². The van der Waals surface area contributed by atoms with E-state index >= 15 is 0 Å². The normalized spacial score (nSPS) is 28.7. The Kier molecular flexibility index (Phi) is 6.86. The van der Waals surface area contributed by atoms with Crippen LogP contribution in [-0.4, -0.2) is 64.6 Å². The van der Waals surface area contributed by atoms with Crippen molar-refractivity contribution < 1.29 is 24.0 Å². The summed E-state index contributed by atoms with van der Waals surface area (Å²) >= 11 is 0. The van der Waals surface area contributed by atoms with Crippen molar-refractivity contribution in [1.82, 2.24) is 20.9 Å². The smallest absolute Gasteiger partial charge is 0.315 e. The largest absolute Gasteiger partial charge is 0.363 e. The Morgan fingerprint density at radius 2 is 1.65 bits per heavy atom. The highest BCUT2D eigenvalue weighted by molar-refractivity contribution is 6.37. The molecule has 3 aliphatic carbocycles. The molecule has 0 spiro atoms. The molecule has 206 valence electrons. The molecular weight excluding hydrogens is 474 g/mol. The molecule has 0 aromatic carbocycles. The molecule has 37 heavy (non-hydrogen) atoms. The van der Waals surface area contributed by atoms with Crippen LogP contribution < -0.4 is 21.7 Å². The summed E-state index contributed by atoms with van der Waals surface area (Å²) in [6.45, 7) is 12.2. The molecule has 4 unspecified atom stereocenters. The number of urea groups is 1. The molecule has 5 N–H and O–H groups in total. The maximum atomic E-state index is 13.9. The number of ketones is 1. The molecule has 4 fully saturated rings. The van der Waals surface area contributed by atoms with Gasteiger partial charge in [-0.15, -0.1) is 0 Å². The van der Waals surface area contributed by atoms with Gasteiger partial charge in [0, 0.05) is 12.1 Å². The number of carbonyl (C=O) groups excluding carboxylic acids is 5. The van der Waals surface area contributed by atoms with Crippen molar-refractivity contribution in [3.63, 3.8) is 0 Å². The number of piperidine rings is 1. The zero-order valence-corrected chi connectivity index (χ0v) is 23.0. The highest BCUT2D eigenvalue weighted by Crippen LogP contribution is 2.65. The highest BCUT2D eigenvalue weighted by atomic mass is 16.2. The number of hydrogen-bond acceptors (Lipinski definition) is 5. The van der Waals surface area contributed by atoms with Crippen molar-refractivity contribution in [3.05, 3.63) is 0 Å². The van der Waals surface area contributed by atoms with Crippen LogP contribution in [0.15, 0.2) is 0 Å². The molecule has 0 bridgehead atoms. The van der Waals surface area contributed by atoms with E-state index < -0.39 is 47.2 Å². The van der Waals surface area contributed by atoms with Crippen LogP contribution >= 0.6 is 0 Å². The third kappa shape index (κ3) is 5.48. The third-order valence-corrected chi connectivity index (χ3v) is 9.23. The lowest BCUT2D eigenvalue weighted by molar-refractivity contribution is -0.145. The minimum absolute atomic E-state index is 0.0655. The monoisotopic (exact) mass is 517 g/mol. The van der Waals surface area contributed by atoms with Gasteiger partial charge in [-0.25, -0.2) is 4.79 Å². The molecule has 4 rings (SSSR count). The predicted octanol–water partition coefficient (Wildman–Crippen LogP) is 1.47. The quantitative estimate of drug-likeness (QED) is 0.342. The summed E-state index contributed by atoms with van der Waals surface area (Å²) in [5.74, 6) is -2.28. The summed E-state index contributed by atoms with van der Waals surface area (Å²) in [5.41, 5.74) is 4.32. The van der Waals surface area contributed by atoms with Crippen LogP contribution in [0.4, 0.5) is 4.79 Å². The van der Waals surface area contributed by atoms with Gasteiger partial charge < -0.3 is 26.6 Å². The summed E-state index contributed by atoms with van der Waals surface area (Å²) in [7, 11) is 0. The van der Waals surface area contributed by atoms with E-state index in [0.717, 1.165) is 32.1 Å². The minimum Gasteiger partial charge on any atom is -0.363 e. The number of nitrogens with two attached hydrogens (primary N) is 1. The van der Waals surface area contributed by atoms with Crippen molar-refractivity contribution >= 4 is 29.5 Å². The molecule has 0 aromatic heterocycles. The van der Waals surface area contributed by atoms with E-state index in [1.54, 1.807) is 4.90 Å². The van der Waals surface area contributed by atoms with Crippen molar-refractivity contribution in [2.45, 2.75) is 104 Å². The van der Waals surface area contributed by atoms with Gasteiger partial charge in [0.15, 0.2) is 0 Å². The lowest BCUT2D eigenvalue weighted by atomic mass is 9.80. The first-order valence-corrected chi connectivity index (χ1v) is 13.6. The number of nitrogens with one attached hydrogen (secondary N) is 3. The fourth-order valence-electron chi connectivity index (χ4n) is 6.10. The van der Waals surface area contributed by atoms with Gasteiger partial charge in [-0.3, -0.25) is 19.2 Å². The highest BCUT2D eigenvalue weighted by Gasteiger charge is 2.70. The van der Waals surface area contributed by atoms with Gasteiger partial charge in [0.05, 0.1) is 6.04 Å². The minimum atomic E-state index is -1.07. The molecule has 5 amide bonds. The molecule has 10 nitrogen and oxygen atoms in total. The lowest BCUT2D eigenvalue weighted by Crippen LogP contribution is -2.62. The van der Waals surface area contributed by atoms with Gasteiger partial charge in [-0.1, -0.05) is 53.9 Å². The SMILES string of the molecule is CC1(NC(=O)NC(C(=O)N2CC3C([C@H]2C(=O)NC(CC2CCC2)C(=O)C(N)=O)C3(C)C)C(C)(C)C)CC1. The van der Waals surface area contributed by atoms with E-state index in [4.69, 9.17) is 5.73 Å². The zero-order valence-electron chi connectivity index (χ0n) is 23.0. The van der Waals surface area contributed by atoms with Crippen LogP contribution in [0.3, 0.4) is 0 Å². The molecule has 5 atom stereocenters. The number of carbonyl (C=O) groups is 5. The molecule has 3 saturated carbocycles. The topological polar surface area (TPSA) is 151 Å². The Bertz CT molecular complexity index is 994. The standard InChI is InChI=1S/C27H43N5O5/c1-25(2,3)20(30-24(37)31-27(6)10-11-27)23(36)32-13-15-17(26(15,4)5)18(32)22(35)29-16(19(33)21(28)34)12-14-8-7-9-14/h14-18,20H,7-13H2,1-6H3,(H2,28,34)(H,29,35)(H2,30,31,37)/t15?,16?,17?,18-,20?/m0/s1. The van der Waals surface area contributed by atoms with Crippen LogP contribution in [0.25, 0.3) is 0 Å². The second-order valence-electron chi connectivity index (χ2n) is 13.7. The van der Waals surface area contributed by atoms with E-state index in [-0.39, 0.29) is 34.6 Å². The molecule has 4 aliphatic rings. The van der Waals surface area contributed by atoms with Gasteiger partial charge in [0.1, 0.15) is 12.1 Å². The number of nitrogens with zero attached hydrogens (tertiary/aromatic N) is 1. The molecule has 0 aromatic rings.